The van der Waals surface area contributed by atoms with Crippen molar-refractivity contribution < 1.29 is 14.4 Å². The normalized spacial score (nSPS) is 23.1. The maximum Gasteiger partial charge on any atom is 0.289 e. The Morgan fingerprint density at radius 1 is 1.35 bits per heavy atom. The van der Waals surface area contributed by atoms with Gasteiger partial charge in [-0.3, -0.25) is 19.3 Å². The fourth-order valence-corrected chi connectivity index (χ4v) is 2.78. The van der Waals surface area contributed by atoms with Gasteiger partial charge in [-0.25, -0.2) is 0 Å². The molecule has 1 unspecified atom stereocenters. The molecule has 94 valence electrons. The molecule has 2 rings (SSSR count). The first-order chi connectivity index (χ1) is 8.11. The number of hydrogen-bond acceptors (Lipinski definition) is 5. The van der Waals surface area contributed by atoms with Crippen molar-refractivity contribution in [1.29, 1.82) is 0 Å². The summed E-state index contributed by atoms with van der Waals surface area (Å²) in [5.74, 6) is -0.260. The number of hydrogen-bond donors (Lipinski definition) is 1. The summed E-state index contributed by atoms with van der Waals surface area (Å²) in [6, 6.07) is -0.678. The van der Waals surface area contributed by atoms with Gasteiger partial charge in [-0.2, -0.15) is 0 Å². The van der Waals surface area contributed by atoms with Gasteiger partial charge in [0.05, 0.1) is 5.75 Å². The Labute approximate surface area is 104 Å². The molecule has 0 bridgehead atoms. The third kappa shape index (κ3) is 2.44. The maximum atomic E-state index is 12.1. The van der Waals surface area contributed by atoms with Gasteiger partial charge in [0.25, 0.3) is 5.24 Å². The largest absolute Gasteiger partial charge is 0.338 e. The Balaban J connectivity index is 2.03. The van der Waals surface area contributed by atoms with Gasteiger partial charge in [-0.1, -0.05) is 11.8 Å². The van der Waals surface area contributed by atoms with Crippen molar-refractivity contribution in [2.45, 2.75) is 13.0 Å². The van der Waals surface area contributed by atoms with Gasteiger partial charge in [-0.05, 0) is 6.92 Å². The van der Waals surface area contributed by atoms with Crippen LogP contribution in [-0.4, -0.2) is 64.8 Å². The number of thioether (sulfide) groups is 1. The molecule has 0 aliphatic carbocycles. The van der Waals surface area contributed by atoms with E-state index in [1.54, 1.807) is 11.8 Å². The minimum atomic E-state index is -0.678. The Hall–Kier alpha value is -1.08. The van der Waals surface area contributed by atoms with Gasteiger partial charge in [0, 0.05) is 26.2 Å². The predicted molar refractivity (Wildman–Crippen MR) is 63.6 cm³/mol. The molecule has 2 heterocycles. The minimum Gasteiger partial charge on any atom is -0.338 e. The highest BCUT2D eigenvalue weighted by Crippen LogP contribution is 2.22. The molecule has 17 heavy (non-hydrogen) atoms. The van der Waals surface area contributed by atoms with E-state index in [-0.39, 0.29) is 22.8 Å². The number of amides is 3. The summed E-state index contributed by atoms with van der Waals surface area (Å²) in [6.07, 6.45) is 0. The molecule has 2 saturated heterocycles. The maximum absolute atomic E-state index is 12.1. The van der Waals surface area contributed by atoms with Crippen LogP contribution in [0.15, 0.2) is 0 Å². The van der Waals surface area contributed by atoms with Crippen molar-refractivity contribution >= 4 is 28.8 Å². The summed E-state index contributed by atoms with van der Waals surface area (Å²) >= 11 is 0.960. The van der Waals surface area contributed by atoms with Gasteiger partial charge < -0.3 is 10.2 Å². The van der Waals surface area contributed by atoms with Gasteiger partial charge in [-0.15, -0.1) is 0 Å². The summed E-state index contributed by atoms with van der Waals surface area (Å²) in [7, 11) is 0. The van der Waals surface area contributed by atoms with Crippen LogP contribution < -0.4 is 5.32 Å². The molecule has 0 saturated carbocycles. The first kappa shape index (κ1) is 12.4. The lowest BCUT2D eigenvalue weighted by Crippen LogP contribution is -2.54. The van der Waals surface area contributed by atoms with E-state index in [0.717, 1.165) is 29.8 Å². The van der Waals surface area contributed by atoms with Crippen LogP contribution in [0.2, 0.25) is 0 Å². The molecule has 0 radical (unpaired) electrons. The van der Waals surface area contributed by atoms with Crippen molar-refractivity contribution in [3.05, 3.63) is 0 Å². The van der Waals surface area contributed by atoms with Crippen LogP contribution >= 0.6 is 11.8 Å². The average Bonchev–Trinajstić information content (AvgIpc) is 2.68. The molecule has 2 aliphatic heterocycles. The van der Waals surface area contributed by atoms with Crippen LogP contribution in [0.3, 0.4) is 0 Å². The SMILES string of the molecule is CC(C(=O)N1CCNCC1)N1C(=O)CSC1=O. The van der Waals surface area contributed by atoms with E-state index in [9.17, 15) is 14.4 Å². The van der Waals surface area contributed by atoms with E-state index in [0.29, 0.717) is 13.1 Å². The third-order valence-electron chi connectivity index (χ3n) is 2.96. The second-order valence-electron chi connectivity index (χ2n) is 4.07. The molecule has 6 nitrogen and oxygen atoms in total. The minimum absolute atomic E-state index is 0.143. The molecular formula is C10H15N3O3S. The van der Waals surface area contributed by atoms with Gasteiger partial charge in [0.2, 0.25) is 11.8 Å². The van der Waals surface area contributed by atoms with Gasteiger partial charge in [0.15, 0.2) is 0 Å². The standard InChI is InChI=1S/C10H15N3O3S/c1-7(13-8(14)6-17-10(13)16)9(15)12-4-2-11-3-5-12/h7,11H,2-6H2,1H3. The van der Waals surface area contributed by atoms with E-state index >= 15 is 0 Å². The molecule has 7 heteroatoms. The monoisotopic (exact) mass is 257 g/mol. The average molecular weight is 257 g/mol. The number of nitrogens with zero attached hydrogens (tertiary/aromatic N) is 2. The number of rotatable bonds is 2. The summed E-state index contributed by atoms with van der Waals surface area (Å²) in [5.41, 5.74) is 0. The number of carbonyl (C=O) groups excluding carboxylic acids is 3. The van der Waals surface area contributed by atoms with Crippen molar-refractivity contribution in [3.8, 4) is 0 Å². The summed E-state index contributed by atoms with van der Waals surface area (Å²) < 4.78 is 0. The molecule has 0 aromatic heterocycles. The van der Waals surface area contributed by atoms with Crippen LogP contribution in [0.1, 0.15) is 6.92 Å². The zero-order valence-corrected chi connectivity index (χ0v) is 10.5. The second-order valence-corrected chi connectivity index (χ2v) is 5.00. The van der Waals surface area contributed by atoms with Crippen molar-refractivity contribution in [2.75, 3.05) is 31.9 Å². The molecule has 0 aromatic rings. The highest BCUT2D eigenvalue weighted by atomic mass is 32.2. The number of piperazine rings is 1. The quantitative estimate of drug-likeness (QED) is 0.722. The Kier molecular flexibility index (Phi) is 3.68. The van der Waals surface area contributed by atoms with Crippen LogP contribution in [0.4, 0.5) is 4.79 Å². The summed E-state index contributed by atoms with van der Waals surface area (Å²) in [6.45, 7) is 4.40. The van der Waals surface area contributed by atoms with E-state index in [4.69, 9.17) is 0 Å². The number of nitrogens with one attached hydrogen (secondary N) is 1. The molecule has 2 fully saturated rings. The molecule has 0 aromatic carbocycles. The smallest absolute Gasteiger partial charge is 0.289 e. The Bertz CT molecular complexity index is 339. The molecular weight excluding hydrogens is 242 g/mol. The van der Waals surface area contributed by atoms with Crippen molar-refractivity contribution in [3.63, 3.8) is 0 Å². The zero-order chi connectivity index (χ0) is 12.4. The Morgan fingerprint density at radius 3 is 2.53 bits per heavy atom. The zero-order valence-electron chi connectivity index (χ0n) is 9.64. The first-order valence-electron chi connectivity index (χ1n) is 5.59. The Morgan fingerprint density at radius 2 is 2.00 bits per heavy atom. The summed E-state index contributed by atoms with van der Waals surface area (Å²) in [5, 5.41) is 2.84. The highest BCUT2D eigenvalue weighted by Gasteiger charge is 2.38. The van der Waals surface area contributed by atoms with E-state index in [2.05, 4.69) is 5.32 Å². The lowest BCUT2D eigenvalue weighted by molar-refractivity contribution is -0.141. The van der Waals surface area contributed by atoms with Crippen LogP contribution in [0.5, 0.6) is 0 Å². The van der Waals surface area contributed by atoms with Gasteiger partial charge >= 0.3 is 0 Å². The molecule has 1 N–H and O–H groups in total. The van der Waals surface area contributed by atoms with Gasteiger partial charge in [0.1, 0.15) is 6.04 Å². The van der Waals surface area contributed by atoms with E-state index in [1.165, 1.54) is 0 Å². The molecule has 3 amide bonds. The number of carbonyl (C=O) groups is 3. The van der Waals surface area contributed by atoms with E-state index < -0.39 is 6.04 Å². The molecule has 2 aliphatic rings. The fourth-order valence-electron chi connectivity index (χ4n) is 2.00. The fraction of sp³-hybridized carbons (Fsp3) is 0.700. The lowest BCUT2D eigenvalue weighted by atomic mass is 10.2. The molecule has 1 atom stereocenters. The van der Waals surface area contributed by atoms with Crippen molar-refractivity contribution in [1.82, 2.24) is 15.1 Å². The van der Waals surface area contributed by atoms with Crippen molar-refractivity contribution in [2.24, 2.45) is 0 Å². The second kappa shape index (κ2) is 5.05. The summed E-state index contributed by atoms with van der Waals surface area (Å²) in [4.78, 5) is 37.9. The highest BCUT2D eigenvalue weighted by molar-refractivity contribution is 8.14. The topological polar surface area (TPSA) is 69.7 Å². The van der Waals surface area contributed by atoms with Crippen LogP contribution in [0.25, 0.3) is 0 Å². The number of imide groups is 1. The molecule has 0 spiro atoms. The third-order valence-corrected chi connectivity index (χ3v) is 3.79. The predicted octanol–water partition coefficient (Wildman–Crippen LogP) is -0.498. The first-order valence-corrected chi connectivity index (χ1v) is 6.58. The van der Waals surface area contributed by atoms with E-state index in [1.807, 2.05) is 0 Å². The lowest BCUT2D eigenvalue weighted by Gasteiger charge is -2.32. The van der Waals surface area contributed by atoms with Crippen LogP contribution in [-0.2, 0) is 9.59 Å². The van der Waals surface area contributed by atoms with Crippen LogP contribution in [0, 0.1) is 0 Å².